The van der Waals surface area contributed by atoms with Gasteiger partial charge in [-0.15, -0.1) is 0 Å². The maximum atomic E-state index is 11.3. The lowest BCUT2D eigenvalue weighted by Crippen LogP contribution is -2.18. The third-order valence-corrected chi connectivity index (χ3v) is 4.32. The van der Waals surface area contributed by atoms with Crippen LogP contribution in [0.3, 0.4) is 0 Å². The van der Waals surface area contributed by atoms with E-state index in [0.29, 0.717) is 6.42 Å². The Bertz CT molecular complexity index is 535. The van der Waals surface area contributed by atoms with Crippen molar-refractivity contribution in [1.29, 1.82) is 0 Å². The van der Waals surface area contributed by atoms with Crippen LogP contribution in [-0.2, 0) is 4.79 Å². The third kappa shape index (κ3) is 4.00. The minimum atomic E-state index is -0.758. The number of carboxylic acids is 1. The Morgan fingerprint density at radius 3 is 2.85 bits per heavy atom. The first-order valence-electron chi connectivity index (χ1n) is 7.05. The van der Waals surface area contributed by atoms with E-state index in [1.807, 2.05) is 30.5 Å². The molecule has 1 heterocycles. The van der Waals surface area contributed by atoms with Crippen LogP contribution in [-0.4, -0.2) is 25.5 Å². The molecule has 1 atom stereocenters. The van der Waals surface area contributed by atoms with E-state index < -0.39 is 11.2 Å². The number of nitrogens with zero attached hydrogens (tertiary/aromatic N) is 2. The molecule has 108 valence electrons. The Hall–Kier alpha value is -1.49. The molecule has 1 unspecified atom stereocenters. The van der Waals surface area contributed by atoms with E-state index in [1.165, 1.54) is 18.4 Å². The van der Waals surface area contributed by atoms with E-state index in [9.17, 15) is 9.90 Å². The average Bonchev–Trinajstić information content (AvgIpc) is 2.84. The van der Waals surface area contributed by atoms with E-state index in [2.05, 4.69) is 12.0 Å². The highest BCUT2D eigenvalue weighted by molar-refractivity contribution is 7.99. The molecule has 0 fully saturated rings. The Morgan fingerprint density at radius 2 is 2.15 bits per heavy atom. The lowest BCUT2D eigenvalue weighted by Gasteiger charge is -2.10. The van der Waals surface area contributed by atoms with Crippen molar-refractivity contribution < 1.29 is 9.90 Å². The number of fused-ring (bicyclic) bond motifs is 1. The third-order valence-electron chi connectivity index (χ3n) is 3.22. The molecular formula is C15H20N2O2S. The lowest BCUT2D eigenvalue weighted by atomic mass is 10.1. The SMILES string of the molecule is CCCCCCC(Sn1cc2ccccc2n1)C(=O)O. The van der Waals surface area contributed by atoms with Crippen molar-refractivity contribution in [2.24, 2.45) is 0 Å². The summed E-state index contributed by atoms with van der Waals surface area (Å²) in [6, 6.07) is 7.81. The molecule has 2 aromatic rings. The monoisotopic (exact) mass is 292 g/mol. The van der Waals surface area contributed by atoms with Crippen molar-refractivity contribution >= 4 is 28.8 Å². The molecule has 1 aromatic heterocycles. The van der Waals surface area contributed by atoms with Crippen LogP contribution in [0.2, 0.25) is 0 Å². The molecule has 2 rings (SSSR count). The van der Waals surface area contributed by atoms with Crippen LogP contribution >= 0.6 is 11.9 Å². The summed E-state index contributed by atoms with van der Waals surface area (Å²) in [6.45, 7) is 2.15. The smallest absolute Gasteiger partial charge is 0.318 e. The molecule has 20 heavy (non-hydrogen) atoms. The topological polar surface area (TPSA) is 55.1 Å². The first kappa shape index (κ1) is 14.9. The van der Waals surface area contributed by atoms with Gasteiger partial charge in [-0.2, -0.15) is 5.10 Å². The highest BCUT2D eigenvalue weighted by Crippen LogP contribution is 2.22. The van der Waals surface area contributed by atoms with Crippen molar-refractivity contribution in [3.63, 3.8) is 0 Å². The van der Waals surface area contributed by atoms with Crippen molar-refractivity contribution in [3.05, 3.63) is 30.5 Å². The molecule has 0 spiro atoms. The highest BCUT2D eigenvalue weighted by Gasteiger charge is 2.19. The average molecular weight is 292 g/mol. The zero-order valence-corrected chi connectivity index (χ0v) is 12.5. The summed E-state index contributed by atoms with van der Waals surface area (Å²) in [7, 11) is 0. The molecule has 4 nitrogen and oxygen atoms in total. The van der Waals surface area contributed by atoms with Crippen molar-refractivity contribution in [3.8, 4) is 0 Å². The first-order chi connectivity index (χ1) is 9.70. The fraction of sp³-hybridized carbons (Fsp3) is 0.467. The molecule has 0 radical (unpaired) electrons. The number of carbonyl (C=O) groups is 1. The molecular weight excluding hydrogens is 272 g/mol. The largest absolute Gasteiger partial charge is 0.480 e. The van der Waals surface area contributed by atoms with E-state index in [1.54, 1.807) is 4.09 Å². The molecule has 0 aliphatic rings. The second kappa shape index (κ2) is 7.33. The number of rotatable bonds is 8. The number of aromatic nitrogens is 2. The number of benzene rings is 1. The summed E-state index contributed by atoms with van der Waals surface area (Å²) >= 11 is 1.29. The molecule has 0 amide bonds. The maximum Gasteiger partial charge on any atom is 0.318 e. The molecule has 5 heteroatoms. The van der Waals surface area contributed by atoms with Gasteiger partial charge in [-0.25, -0.2) is 4.09 Å². The van der Waals surface area contributed by atoms with Crippen LogP contribution < -0.4 is 0 Å². The Morgan fingerprint density at radius 1 is 1.35 bits per heavy atom. The molecule has 1 aromatic carbocycles. The van der Waals surface area contributed by atoms with Crippen LogP contribution in [0.1, 0.15) is 39.0 Å². The van der Waals surface area contributed by atoms with Crippen LogP contribution in [0.5, 0.6) is 0 Å². The number of unbranched alkanes of at least 4 members (excludes halogenated alkanes) is 3. The lowest BCUT2D eigenvalue weighted by molar-refractivity contribution is -0.136. The van der Waals surface area contributed by atoms with Crippen LogP contribution in [0.15, 0.2) is 30.5 Å². The van der Waals surface area contributed by atoms with Gasteiger partial charge in [0.15, 0.2) is 0 Å². The quantitative estimate of drug-likeness (QED) is 0.748. The van der Waals surface area contributed by atoms with Gasteiger partial charge < -0.3 is 5.11 Å². The van der Waals surface area contributed by atoms with Crippen LogP contribution in [0, 0.1) is 0 Å². The zero-order valence-electron chi connectivity index (χ0n) is 11.7. The normalized spacial score (nSPS) is 12.7. The first-order valence-corrected chi connectivity index (χ1v) is 7.88. The van der Waals surface area contributed by atoms with Gasteiger partial charge in [-0.05, 0) is 24.4 Å². The second-order valence-electron chi connectivity index (χ2n) is 4.87. The summed E-state index contributed by atoms with van der Waals surface area (Å²) in [5.41, 5.74) is 0.898. The number of hydrogen-bond donors (Lipinski definition) is 1. The Labute approximate surface area is 123 Å². The maximum absolute atomic E-state index is 11.3. The van der Waals surface area contributed by atoms with Gasteiger partial charge in [0.25, 0.3) is 0 Å². The van der Waals surface area contributed by atoms with Gasteiger partial charge in [0.2, 0.25) is 0 Å². The van der Waals surface area contributed by atoms with E-state index in [0.717, 1.165) is 30.2 Å². The molecule has 1 N–H and O–H groups in total. The Kier molecular flexibility index (Phi) is 5.47. The van der Waals surface area contributed by atoms with Gasteiger partial charge in [0.1, 0.15) is 5.25 Å². The predicted octanol–water partition coefficient (Wildman–Crippen LogP) is 3.96. The van der Waals surface area contributed by atoms with Gasteiger partial charge in [0, 0.05) is 11.6 Å². The fourth-order valence-corrected chi connectivity index (χ4v) is 3.04. The minimum Gasteiger partial charge on any atom is -0.480 e. The van der Waals surface area contributed by atoms with Gasteiger partial charge in [-0.1, -0.05) is 50.8 Å². The summed E-state index contributed by atoms with van der Waals surface area (Å²) in [5, 5.41) is 14.3. The number of carboxylic acid groups (broad SMARTS) is 1. The van der Waals surface area contributed by atoms with Crippen LogP contribution in [0.4, 0.5) is 0 Å². The van der Waals surface area contributed by atoms with Crippen molar-refractivity contribution in [1.82, 2.24) is 9.19 Å². The van der Waals surface area contributed by atoms with Crippen molar-refractivity contribution in [2.75, 3.05) is 0 Å². The number of hydrogen-bond acceptors (Lipinski definition) is 3. The van der Waals surface area contributed by atoms with Crippen LogP contribution in [0.25, 0.3) is 10.9 Å². The zero-order chi connectivity index (χ0) is 14.4. The molecule has 0 aliphatic carbocycles. The molecule has 0 bridgehead atoms. The summed E-state index contributed by atoms with van der Waals surface area (Å²) in [5.74, 6) is -0.758. The van der Waals surface area contributed by atoms with Gasteiger partial charge >= 0.3 is 5.97 Å². The fourth-order valence-electron chi connectivity index (χ4n) is 2.10. The summed E-state index contributed by atoms with van der Waals surface area (Å²) in [6.07, 6.45) is 6.97. The van der Waals surface area contributed by atoms with Gasteiger partial charge in [0.05, 0.1) is 5.52 Å². The van der Waals surface area contributed by atoms with Crippen molar-refractivity contribution in [2.45, 2.75) is 44.3 Å². The minimum absolute atomic E-state index is 0.429. The molecule has 0 saturated heterocycles. The van der Waals surface area contributed by atoms with E-state index in [4.69, 9.17) is 0 Å². The highest BCUT2D eigenvalue weighted by atomic mass is 32.2. The van der Waals surface area contributed by atoms with Gasteiger partial charge in [-0.3, -0.25) is 4.79 Å². The summed E-state index contributed by atoms with van der Waals surface area (Å²) < 4.78 is 1.68. The molecule has 0 saturated carbocycles. The van der Waals surface area contributed by atoms with E-state index in [-0.39, 0.29) is 0 Å². The molecule has 0 aliphatic heterocycles. The number of aliphatic carboxylic acids is 1. The standard InChI is InChI=1S/C15H20N2O2S/c1-2-3-4-5-10-14(15(18)19)20-17-11-12-8-6-7-9-13(12)16-17/h6-9,11,14H,2-5,10H2,1H3,(H,18,19). The Balaban J connectivity index is 1.98. The summed E-state index contributed by atoms with van der Waals surface area (Å²) in [4.78, 5) is 11.3. The second-order valence-corrected chi connectivity index (χ2v) is 6.03. The van der Waals surface area contributed by atoms with E-state index >= 15 is 0 Å². The predicted molar refractivity (Wildman–Crippen MR) is 82.9 cm³/mol.